The zero-order valence-corrected chi connectivity index (χ0v) is 9.21. The van der Waals surface area contributed by atoms with Crippen LogP contribution in [0, 0.1) is 11.6 Å². The molecule has 92 valence electrons. The molecule has 1 atom stereocenters. The third-order valence-corrected chi connectivity index (χ3v) is 2.96. The molecule has 2 rings (SSSR count). The number of Topliss-reactive ketones (excluding diaryl/α,β-unsaturated/α-hetero) is 1. The molecule has 3 nitrogen and oxygen atoms in total. The van der Waals surface area contributed by atoms with Gasteiger partial charge in [-0.3, -0.25) is 4.79 Å². The third-order valence-electron chi connectivity index (χ3n) is 2.96. The van der Waals surface area contributed by atoms with Crippen LogP contribution in [0.15, 0.2) is 18.2 Å². The van der Waals surface area contributed by atoms with Crippen molar-refractivity contribution >= 4 is 5.78 Å². The smallest absolute Gasteiger partial charge is 0.159 e. The Labute approximate surface area is 97.6 Å². The normalized spacial score (nSPS) is 23.9. The number of hydrogen-bond acceptors (Lipinski definition) is 3. The van der Waals surface area contributed by atoms with Crippen LogP contribution < -0.4 is 5.73 Å². The van der Waals surface area contributed by atoms with Crippen molar-refractivity contribution in [2.45, 2.75) is 18.4 Å². The van der Waals surface area contributed by atoms with E-state index in [0.717, 1.165) is 12.1 Å². The quantitative estimate of drug-likeness (QED) is 0.865. The molecule has 1 aliphatic rings. The Balaban J connectivity index is 2.10. The first kappa shape index (κ1) is 12.1. The Kier molecular flexibility index (Phi) is 3.22. The standard InChI is InChI=1S/C12H13F2NO2/c13-9-2-1-8(5-10(9)14)6-11(16)12(15)3-4-17-7-12/h1-2,5H,3-4,6-7,15H2. The molecule has 0 radical (unpaired) electrons. The number of carbonyl (C=O) groups is 1. The summed E-state index contributed by atoms with van der Waals surface area (Å²) in [6.45, 7) is 0.648. The summed E-state index contributed by atoms with van der Waals surface area (Å²) in [5.74, 6) is -2.09. The Morgan fingerprint density at radius 2 is 2.18 bits per heavy atom. The fraction of sp³-hybridized carbons (Fsp3) is 0.417. The topological polar surface area (TPSA) is 52.3 Å². The van der Waals surface area contributed by atoms with Crippen LogP contribution in [0.4, 0.5) is 8.78 Å². The van der Waals surface area contributed by atoms with Gasteiger partial charge in [-0.25, -0.2) is 8.78 Å². The van der Waals surface area contributed by atoms with Crippen LogP contribution in [0.1, 0.15) is 12.0 Å². The molecule has 1 aromatic rings. The second-order valence-corrected chi connectivity index (χ2v) is 4.31. The molecule has 1 aliphatic heterocycles. The van der Waals surface area contributed by atoms with E-state index in [-0.39, 0.29) is 18.8 Å². The SMILES string of the molecule is NC1(C(=O)Cc2ccc(F)c(F)c2)CCOC1. The summed E-state index contributed by atoms with van der Waals surface area (Å²) >= 11 is 0. The van der Waals surface area contributed by atoms with Gasteiger partial charge in [-0.05, 0) is 24.1 Å². The summed E-state index contributed by atoms with van der Waals surface area (Å²) in [5.41, 5.74) is 5.32. The molecule has 0 saturated carbocycles. The van der Waals surface area contributed by atoms with Crippen molar-refractivity contribution in [2.24, 2.45) is 5.73 Å². The number of hydrogen-bond donors (Lipinski definition) is 1. The predicted molar refractivity (Wildman–Crippen MR) is 57.4 cm³/mol. The van der Waals surface area contributed by atoms with E-state index in [4.69, 9.17) is 10.5 Å². The number of halogens is 2. The minimum atomic E-state index is -0.981. The van der Waals surface area contributed by atoms with Gasteiger partial charge in [0.05, 0.1) is 6.61 Å². The van der Waals surface area contributed by atoms with E-state index in [1.807, 2.05) is 0 Å². The van der Waals surface area contributed by atoms with Crippen molar-refractivity contribution in [3.05, 3.63) is 35.4 Å². The third kappa shape index (κ3) is 2.50. The highest BCUT2D eigenvalue weighted by atomic mass is 19.2. The van der Waals surface area contributed by atoms with Crippen molar-refractivity contribution in [3.8, 4) is 0 Å². The maximum absolute atomic E-state index is 13.0. The van der Waals surface area contributed by atoms with E-state index in [1.165, 1.54) is 6.07 Å². The van der Waals surface area contributed by atoms with E-state index >= 15 is 0 Å². The Morgan fingerprint density at radius 3 is 2.76 bits per heavy atom. The van der Waals surface area contributed by atoms with Gasteiger partial charge in [0.15, 0.2) is 17.4 Å². The van der Waals surface area contributed by atoms with Crippen LogP contribution in [-0.4, -0.2) is 24.5 Å². The Bertz CT molecular complexity index is 442. The monoisotopic (exact) mass is 241 g/mol. The van der Waals surface area contributed by atoms with Crippen molar-refractivity contribution in [3.63, 3.8) is 0 Å². The fourth-order valence-corrected chi connectivity index (χ4v) is 1.81. The van der Waals surface area contributed by atoms with Crippen LogP contribution in [-0.2, 0) is 16.0 Å². The molecule has 5 heteroatoms. The number of ether oxygens (including phenoxy) is 1. The first-order valence-corrected chi connectivity index (χ1v) is 5.35. The van der Waals surface area contributed by atoms with E-state index in [9.17, 15) is 13.6 Å². The molecule has 1 unspecified atom stereocenters. The summed E-state index contributed by atoms with van der Waals surface area (Å²) in [6, 6.07) is 3.41. The lowest BCUT2D eigenvalue weighted by atomic mass is 9.90. The van der Waals surface area contributed by atoms with Gasteiger partial charge in [0.25, 0.3) is 0 Å². The van der Waals surface area contributed by atoms with Crippen molar-refractivity contribution in [1.29, 1.82) is 0 Å². The minimum Gasteiger partial charge on any atom is -0.379 e. The molecule has 17 heavy (non-hydrogen) atoms. The van der Waals surface area contributed by atoms with Gasteiger partial charge in [0.2, 0.25) is 0 Å². The minimum absolute atomic E-state index is 0.00292. The number of rotatable bonds is 3. The lowest BCUT2D eigenvalue weighted by molar-refractivity contribution is -0.123. The van der Waals surface area contributed by atoms with Crippen molar-refractivity contribution in [2.75, 3.05) is 13.2 Å². The number of ketones is 1. The van der Waals surface area contributed by atoms with E-state index in [2.05, 4.69) is 0 Å². The zero-order valence-electron chi connectivity index (χ0n) is 9.21. The van der Waals surface area contributed by atoms with Crippen LogP contribution in [0.25, 0.3) is 0 Å². The Morgan fingerprint density at radius 1 is 1.41 bits per heavy atom. The second kappa shape index (κ2) is 4.50. The summed E-state index contributed by atoms with van der Waals surface area (Å²) < 4.78 is 30.7. The maximum atomic E-state index is 13.0. The van der Waals surface area contributed by atoms with Crippen LogP contribution in [0.5, 0.6) is 0 Å². The highest BCUT2D eigenvalue weighted by Crippen LogP contribution is 2.19. The average molecular weight is 241 g/mol. The Hall–Kier alpha value is -1.33. The molecule has 0 amide bonds. The van der Waals surface area contributed by atoms with Crippen LogP contribution in [0.2, 0.25) is 0 Å². The molecule has 1 fully saturated rings. The summed E-state index contributed by atoms with van der Waals surface area (Å²) in [6.07, 6.45) is 0.465. The summed E-state index contributed by atoms with van der Waals surface area (Å²) in [4.78, 5) is 11.9. The van der Waals surface area contributed by atoms with Crippen molar-refractivity contribution < 1.29 is 18.3 Å². The van der Waals surface area contributed by atoms with Gasteiger partial charge >= 0.3 is 0 Å². The molecular formula is C12H13F2NO2. The number of carbonyl (C=O) groups excluding carboxylic acids is 1. The molecule has 0 spiro atoms. The summed E-state index contributed by atoms with van der Waals surface area (Å²) in [7, 11) is 0. The van der Waals surface area contributed by atoms with Gasteiger partial charge < -0.3 is 10.5 Å². The van der Waals surface area contributed by atoms with Gasteiger partial charge in [-0.15, -0.1) is 0 Å². The van der Waals surface area contributed by atoms with Gasteiger partial charge in [0, 0.05) is 13.0 Å². The van der Waals surface area contributed by atoms with E-state index in [1.54, 1.807) is 0 Å². The largest absolute Gasteiger partial charge is 0.379 e. The highest BCUT2D eigenvalue weighted by molar-refractivity contribution is 5.90. The molecule has 1 saturated heterocycles. The zero-order chi connectivity index (χ0) is 12.5. The molecule has 1 heterocycles. The van der Waals surface area contributed by atoms with E-state index < -0.39 is 17.2 Å². The van der Waals surface area contributed by atoms with Crippen LogP contribution >= 0.6 is 0 Å². The molecule has 0 aromatic heterocycles. The highest BCUT2D eigenvalue weighted by Gasteiger charge is 2.37. The lowest BCUT2D eigenvalue weighted by Crippen LogP contribution is -2.49. The number of nitrogens with two attached hydrogens (primary N) is 1. The van der Waals surface area contributed by atoms with Gasteiger partial charge in [-0.1, -0.05) is 6.07 Å². The van der Waals surface area contributed by atoms with Crippen molar-refractivity contribution in [1.82, 2.24) is 0 Å². The molecule has 1 aromatic carbocycles. The maximum Gasteiger partial charge on any atom is 0.159 e. The predicted octanol–water partition coefficient (Wildman–Crippen LogP) is 1.19. The second-order valence-electron chi connectivity index (χ2n) is 4.31. The van der Waals surface area contributed by atoms with E-state index in [0.29, 0.717) is 18.6 Å². The molecular weight excluding hydrogens is 228 g/mol. The molecule has 0 bridgehead atoms. The number of benzene rings is 1. The fourth-order valence-electron chi connectivity index (χ4n) is 1.81. The first-order chi connectivity index (χ1) is 8.01. The molecule has 0 aliphatic carbocycles. The van der Waals surface area contributed by atoms with Gasteiger partial charge in [0.1, 0.15) is 5.54 Å². The lowest BCUT2D eigenvalue weighted by Gasteiger charge is -2.19. The average Bonchev–Trinajstić information content (AvgIpc) is 2.72. The van der Waals surface area contributed by atoms with Crippen LogP contribution in [0.3, 0.4) is 0 Å². The molecule has 2 N–H and O–H groups in total. The summed E-state index contributed by atoms with van der Waals surface area (Å²) in [5, 5.41) is 0. The first-order valence-electron chi connectivity index (χ1n) is 5.35. The van der Waals surface area contributed by atoms with Gasteiger partial charge in [-0.2, -0.15) is 0 Å².